The summed E-state index contributed by atoms with van der Waals surface area (Å²) in [4.78, 5) is 2.10. The van der Waals surface area contributed by atoms with E-state index in [0.29, 0.717) is 6.54 Å². The van der Waals surface area contributed by atoms with Gasteiger partial charge in [0.1, 0.15) is 0 Å². The Hall–Kier alpha value is -2.92. The smallest absolute Gasteiger partial charge is 0.180 e. The van der Waals surface area contributed by atoms with Crippen molar-refractivity contribution in [3.63, 3.8) is 0 Å². The topological polar surface area (TPSA) is 34.0 Å². The Morgan fingerprint density at radius 1 is 0.808 bits per heavy atom. The second-order valence-electron chi connectivity index (χ2n) is 5.91. The highest BCUT2D eigenvalue weighted by atomic mass is 79.9. The van der Waals surface area contributed by atoms with E-state index in [1.807, 2.05) is 59.4 Å². The molecule has 0 saturated heterocycles. The first kappa shape index (κ1) is 16.5. The van der Waals surface area contributed by atoms with Crippen molar-refractivity contribution >= 4 is 33.1 Å². The summed E-state index contributed by atoms with van der Waals surface area (Å²) in [6, 6.07) is 28.6. The van der Waals surface area contributed by atoms with E-state index in [4.69, 9.17) is 0 Å². The largest absolute Gasteiger partial charge is 0.292 e. The lowest BCUT2D eigenvalue weighted by Gasteiger charge is -2.21. The molecule has 4 nitrogen and oxygen atoms in total. The lowest BCUT2D eigenvalue weighted by atomic mass is 10.2. The number of nitrogens with zero attached hydrogens (tertiary/aromatic N) is 4. The summed E-state index contributed by atoms with van der Waals surface area (Å²) in [5.41, 5.74) is 3.27. The highest BCUT2D eigenvalue weighted by Gasteiger charge is 2.15. The van der Waals surface area contributed by atoms with Crippen molar-refractivity contribution in [1.82, 2.24) is 15.0 Å². The van der Waals surface area contributed by atoms with Crippen molar-refractivity contribution in [2.75, 3.05) is 4.90 Å². The molecule has 0 radical (unpaired) electrons. The molecule has 26 heavy (non-hydrogen) atoms. The maximum Gasteiger partial charge on any atom is 0.180 e. The molecule has 0 spiro atoms. The van der Waals surface area contributed by atoms with Crippen molar-refractivity contribution in [1.29, 1.82) is 0 Å². The number of halogens is 1. The molecule has 4 aromatic rings. The van der Waals surface area contributed by atoms with Crippen LogP contribution < -0.4 is 4.90 Å². The number of anilines is 3. The third kappa shape index (κ3) is 3.68. The van der Waals surface area contributed by atoms with Crippen LogP contribution in [0.15, 0.2) is 95.6 Å². The summed E-state index contributed by atoms with van der Waals surface area (Å²) in [7, 11) is 0. The van der Waals surface area contributed by atoms with Gasteiger partial charge in [0.25, 0.3) is 0 Å². The zero-order chi connectivity index (χ0) is 17.8. The number of hydrogen-bond acceptors (Lipinski definition) is 3. The number of benzene rings is 3. The highest BCUT2D eigenvalue weighted by Crippen LogP contribution is 2.32. The van der Waals surface area contributed by atoms with Gasteiger partial charge in [0.05, 0.1) is 12.7 Å². The molecule has 1 heterocycles. The van der Waals surface area contributed by atoms with Crippen LogP contribution in [0.3, 0.4) is 0 Å². The van der Waals surface area contributed by atoms with Gasteiger partial charge in [-0.05, 0) is 42.0 Å². The molecule has 0 atom stereocenters. The molecule has 0 aliphatic rings. The Morgan fingerprint density at radius 2 is 1.46 bits per heavy atom. The Labute approximate surface area is 160 Å². The number of aromatic nitrogens is 3. The van der Waals surface area contributed by atoms with Crippen LogP contribution in [0.5, 0.6) is 0 Å². The molecule has 4 rings (SSSR count). The Bertz CT molecular complexity index is 944. The lowest BCUT2D eigenvalue weighted by Crippen LogP contribution is -2.10. The molecule has 0 unspecified atom stereocenters. The fourth-order valence-corrected chi connectivity index (χ4v) is 3.30. The predicted molar refractivity (Wildman–Crippen MR) is 108 cm³/mol. The summed E-state index contributed by atoms with van der Waals surface area (Å²) in [6.45, 7) is 0.670. The van der Waals surface area contributed by atoms with E-state index in [9.17, 15) is 0 Å². The van der Waals surface area contributed by atoms with Gasteiger partial charge in [0.15, 0.2) is 5.82 Å². The molecule has 0 amide bonds. The van der Waals surface area contributed by atoms with Crippen LogP contribution in [0.1, 0.15) is 5.56 Å². The van der Waals surface area contributed by atoms with Crippen molar-refractivity contribution in [2.45, 2.75) is 6.54 Å². The van der Waals surface area contributed by atoms with Crippen molar-refractivity contribution in [2.24, 2.45) is 0 Å². The quantitative estimate of drug-likeness (QED) is 0.436. The first-order chi connectivity index (χ1) is 12.8. The molecular weight excluding hydrogens is 388 g/mol. The molecule has 128 valence electrons. The van der Waals surface area contributed by atoms with E-state index in [1.54, 1.807) is 0 Å². The van der Waals surface area contributed by atoms with E-state index < -0.39 is 0 Å². The Balaban J connectivity index is 1.68. The summed E-state index contributed by atoms with van der Waals surface area (Å²) in [6.07, 6.45) is 1.97. The third-order valence-electron chi connectivity index (χ3n) is 4.02. The fraction of sp³-hybridized carbons (Fsp3) is 0.0476. The molecule has 0 aliphatic heterocycles. The minimum absolute atomic E-state index is 0.670. The second kappa shape index (κ2) is 7.54. The van der Waals surface area contributed by atoms with Gasteiger partial charge < -0.3 is 0 Å². The maximum absolute atomic E-state index is 4.42. The molecule has 0 saturated carbocycles. The van der Waals surface area contributed by atoms with E-state index >= 15 is 0 Å². The normalized spacial score (nSPS) is 10.7. The summed E-state index contributed by atoms with van der Waals surface area (Å²) < 4.78 is 2.92. The van der Waals surface area contributed by atoms with Gasteiger partial charge in [-0.2, -0.15) is 0 Å². The minimum Gasteiger partial charge on any atom is -0.292 e. The zero-order valence-corrected chi connectivity index (χ0v) is 15.6. The summed E-state index contributed by atoms with van der Waals surface area (Å²) >= 11 is 3.51. The van der Waals surface area contributed by atoms with Gasteiger partial charge in [-0.25, -0.2) is 4.68 Å². The first-order valence-corrected chi connectivity index (χ1v) is 9.14. The van der Waals surface area contributed by atoms with Crippen LogP contribution in [0.4, 0.5) is 17.2 Å². The van der Waals surface area contributed by atoms with Gasteiger partial charge in [-0.1, -0.05) is 69.7 Å². The molecule has 1 aromatic heterocycles. The average Bonchev–Trinajstić information content (AvgIpc) is 3.12. The number of para-hydroxylation sites is 2. The Kier molecular flexibility index (Phi) is 4.80. The van der Waals surface area contributed by atoms with Gasteiger partial charge in [-0.15, -0.1) is 5.10 Å². The van der Waals surface area contributed by atoms with Crippen molar-refractivity contribution in [3.05, 3.63) is 101 Å². The van der Waals surface area contributed by atoms with Crippen LogP contribution >= 0.6 is 15.9 Å². The molecule has 0 fully saturated rings. The van der Waals surface area contributed by atoms with Crippen LogP contribution in [-0.2, 0) is 6.54 Å². The van der Waals surface area contributed by atoms with Gasteiger partial charge in [0.2, 0.25) is 0 Å². The Morgan fingerprint density at radius 3 is 2.08 bits per heavy atom. The minimum atomic E-state index is 0.670. The van der Waals surface area contributed by atoms with Gasteiger partial charge in [-0.3, -0.25) is 4.90 Å². The van der Waals surface area contributed by atoms with E-state index in [2.05, 4.69) is 67.5 Å². The molecule has 0 N–H and O–H groups in total. The third-order valence-corrected chi connectivity index (χ3v) is 4.51. The molecule has 5 heteroatoms. The molecule has 0 bridgehead atoms. The zero-order valence-electron chi connectivity index (χ0n) is 14.0. The van der Waals surface area contributed by atoms with Gasteiger partial charge in [0, 0.05) is 15.8 Å². The molecule has 0 aliphatic carbocycles. The number of rotatable bonds is 5. The SMILES string of the molecule is Brc1cccc(Cn2cc(N(c3ccccc3)c3ccccc3)nn2)c1. The standard InChI is InChI=1S/C21H17BrN4/c22-18-9-7-8-17(14-18)15-25-16-21(23-24-25)26(19-10-3-1-4-11-19)20-12-5-2-6-13-20/h1-14,16H,15H2. The van der Waals surface area contributed by atoms with Crippen LogP contribution in [0, 0.1) is 0 Å². The average molecular weight is 405 g/mol. The summed E-state index contributed by atoms with van der Waals surface area (Å²) in [5, 5.41) is 8.74. The fourth-order valence-electron chi connectivity index (χ4n) is 2.86. The van der Waals surface area contributed by atoms with Crippen molar-refractivity contribution in [3.8, 4) is 0 Å². The van der Waals surface area contributed by atoms with Crippen LogP contribution in [0.2, 0.25) is 0 Å². The van der Waals surface area contributed by atoms with E-state index in [-0.39, 0.29) is 0 Å². The van der Waals surface area contributed by atoms with E-state index in [1.165, 1.54) is 5.56 Å². The van der Waals surface area contributed by atoms with Crippen LogP contribution in [0.25, 0.3) is 0 Å². The highest BCUT2D eigenvalue weighted by molar-refractivity contribution is 9.10. The number of hydrogen-bond donors (Lipinski definition) is 0. The summed E-state index contributed by atoms with van der Waals surface area (Å²) in [5.74, 6) is 0.789. The first-order valence-electron chi connectivity index (χ1n) is 8.34. The van der Waals surface area contributed by atoms with E-state index in [0.717, 1.165) is 21.7 Å². The van der Waals surface area contributed by atoms with Gasteiger partial charge >= 0.3 is 0 Å². The maximum atomic E-state index is 4.42. The monoisotopic (exact) mass is 404 g/mol. The predicted octanol–water partition coefficient (Wildman–Crippen LogP) is 5.56. The lowest BCUT2D eigenvalue weighted by molar-refractivity contribution is 0.649. The van der Waals surface area contributed by atoms with Crippen molar-refractivity contribution < 1.29 is 0 Å². The molecular formula is C21H17BrN4. The van der Waals surface area contributed by atoms with Crippen LogP contribution in [-0.4, -0.2) is 15.0 Å². The second-order valence-corrected chi connectivity index (χ2v) is 6.83. The molecule has 3 aromatic carbocycles.